The van der Waals surface area contributed by atoms with Gasteiger partial charge < -0.3 is 10.0 Å². The van der Waals surface area contributed by atoms with Crippen molar-refractivity contribution in [1.29, 1.82) is 0 Å². The highest BCUT2D eigenvalue weighted by Gasteiger charge is 2.44. The van der Waals surface area contributed by atoms with Gasteiger partial charge in [-0.25, -0.2) is 4.79 Å². The minimum absolute atomic E-state index is 0.0416. The Morgan fingerprint density at radius 2 is 1.94 bits per heavy atom. The summed E-state index contributed by atoms with van der Waals surface area (Å²) in [5.74, 6) is -0.321. The number of hydrogen-bond acceptors (Lipinski definition) is 2. The van der Waals surface area contributed by atoms with E-state index in [0.717, 1.165) is 25.7 Å². The van der Waals surface area contributed by atoms with Crippen molar-refractivity contribution in [2.24, 2.45) is 11.3 Å². The zero-order valence-electron chi connectivity index (χ0n) is 11.3. The highest BCUT2D eigenvalue weighted by molar-refractivity contribution is 5.84. The molecule has 0 aromatic heterocycles. The van der Waals surface area contributed by atoms with E-state index in [1.807, 2.05) is 13.8 Å². The molecule has 0 radical (unpaired) electrons. The van der Waals surface area contributed by atoms with Gasteiger partial charge in [0.2, 0.25) is 5.91 Å². The van der Waals surface area contributed by atoms with Crippen LogP contribution in [0.5, 0.6) is 0 Å². The number of rotatable bonds is 3. The van der Waals surface area contributed by atoms with Crippen molar-refractivity contribution in [3.63, 3.8) is 0 Å². The minimum atomic E-state index is -0.860. The predicted octanol–water partition coefficient (Wildman–Crippen LogP) is 2.28. The fraction of sp³-hybridized carbons (Fsp3) is 0.857. The van der Waals surface area contributed by atoms with E-state index in [1.165, 1.54) is 6.42 Å². The van der Waals surface area contributed by atoms with Gasteiger partial charge in [-0.15, -0.1) is 0 Å². The molecule has 1 unspecified atom stereocenters. The smallest absolute Gasteiger partial charge is 0.326 e. The Morgan fingerprint density at radius 1 is 1.28 bits per heavy atom. The summed E-state index contributed by atoms with van der Waals surface area (Å²) in [6.45, 7) is 4.51. The van der Waals surface area contributed by atoms with Crippen LogP contribution in [0.15, 0.2) is 0 Å². The number of carboxylic acid groups (broad SMARTS) is 1. The van der Waals surface area contributed by atoms with E-state index in [1.54, 1.807) is 4.90 Å². The van der Waals surface area contributed by atoms with Gasteiger partial charge in [0.25, 0.3) is 0 Å². The van der Waals surface area contributed by atoms with Crippen LogP contribution in [0, 0.1) is 11.3 Å². The predicted molar refractivity (Wildman–Crippen MR) is 68.1 cm³/mol. The van der Waals surface area contributed by atoms with Crippen molar-refractivity contribution in [1.82, 2.24) is 4.90 Å². The van der Waals surface area contributed by atoms with Crippen molar-refractivity contribution < 1.29 is 14.7 Å². The molecule has 0 aromatic carbocycles. The number of likely N-dealkylation sites (tertiary alicyclic amines) is 1. The molecule has 0 aromatic rings. The standard InChI is InChI=1S/C14H23NO3/c1-14(2)7-4-8-15(12(14)13(17)18)11(16)9-10-5-3-6-10/h10,12H,3-9H2,1-2H3,(H,17,18). The van der Waals surface area contributed by atoms with Crippen molar-refractivity contribution in [3.8, 4) is 0 Å². The summed E-state index contributed by atoms with van der Waals surface area (Å²) in [7, 11) is 0. The summed E-state index contributed by atoms with van der Waals surface area (Å²) in [5.41, 5.74) is -0.320. The molecule has 102 valence electrons. The van der Waals surface area contributed by atoms with E-state index in [0.29, 0.717) is 18.9 Å². The molecule has 1 N–H and O–H groups in total. The Kier molecular flexibility index (Phi) is 3.64. The molecule has 2 fully saturated rings. The number of carbonyl (C=O) groups is 2. The van der Waals surface area contributed by atoms with Crippen LogP contribution in [0.3, 0.4) is 0 Å². The number of nitrogens with zero attached hydrogens (tertiary/aromatic N) is 1. The lowest BCUT2D eigenvalue weighted by molar-refractivity contribution is -0.159. The maximum absolute atomic E-state index is 12.3. The van der Waals surface area contributed by atoms with Crippen molar-refractivity contribution >= 4 is 11.9 Å². The van der Waals surface area contributed by atoms with Crippen LogP contribution in [0.2, 0.25) is 0 Å². The third kappa shape index (κ3) is 2.52. The van der Waals surface area contributed by atoms with Crippen molar-refractivity contribution in [2.75, 3.05) is 6.54 Å². The molecule has 1 saturated heterocycles. The van der Waals surface area contributed by atoms with Gasteiger partial charge in [-0.2, -0.15) is 0 Å². The second-order valence-corrected chi connectivity index (χ2v) is 6.42. The number of piperidine rings is 1. The zero-order valence-corrected chi connectivity index (χ0v) is 11.3. The molecule has 0 bridgehead atoms. The summed E-state index contributed by atoms with van der Waals surface area (Å²) in [4.78, 5) is 25.3. The molecule has 1 aliphatic heterocycles. The average Bonchev–Trinajstić information content (AvgIpc) is 2.20. The molecule has 1 amide bonds. The number of carboxylic acids is 1. The highest BCUT2D eigenvalue weighted by atomic mass is 16.4. The number of carbonyl (C=O) groups excluding carboxylic acids is 1. The first-order valence-corrected chi connectivity index (χ1v) is 6.94. The van der Waals surface area contributed by atoms with Crippen LogP contribution in [0.1, 0.15) is 52.4 Å². The first kappa shape index (κ1) is 13.4. The topological polar surface area (TPSA) is 57.6 Å². The van der Waals surface area contributed by atoms with Gasteiger partial charge in [0, 0.05) is 13.0 Å². The van der Waals surface area contributed by atoms with Crippen LogP contribution in [-0.2, 0) is 9.59 Å². The third-order valence-electron chi connectivity index (χ3n) is 4.51. The highest BCUT2D eigenvalue weighted by Crippen LogP contribution is 2.37. The second-order valence-electron chi connectivity index (χ2n) is 6.42. The Bertz CT molecular complexity index is 347. The van der Waals surface area contributed by atoms with Gasteiger partial charge in [0.05, 0.1) is 0 Å². The lowest BCUT2D eigenvalue weighted by Gasteiger charge is -2.44. The molecule has 2 aliphatic rings. The zero-order chi connectivity index (χ0) is 13.3. The van der Waals surface area contributed by atoms with Crippen LogP contribution in [0.4, 0.5) is 0 Å². The molecule has 1 aliphatic carbocycles. The fourth-order valence-corrected chi connectivity index (χ4v) is 3.19. The van der Waals surface area contributed by atoms with E-state index < -0.39 is 12.0 Å². The Morgan fingerprint density at radius 3 is 2.44 bits per heavy atom. The Hall–Kier alpha value is -1.06. The summed E-state index contributed by atoms with van der Waals surface area (Å²) in [5, 5.41) is 9.40. The van der Waals surface area contributed by atoms with E-state index in [9.17, 15) is 14.7 Å². The molecule has 1 heterocycles. The quantitative estimate of drug-likeness (QED) is 0.839. The number of aliphatic carboxylic acids is 1. The number of amides is 1. The van der Waals surface area contributed by atoms with Gasteiger partial charge in [-0.05, 0) is 37.0 Å². The van der Waals surface area contributed by atoms with Gasteiger partial charge in [-0.3, -0.25) is 4.79 Å². The first-order valence-electron chi connectivity index (χ1n) is 6.94. The minimum Gasteiger partial charge on any atom is -0.480 e. The summed E-state index contributed by atoms with van der Waals surface area (Å²) < 4.78 is 0. The SMILES string of the molecule is CC1(C)CCCN(C(=O)CC2CCC2)C1C(=O)O. The third-order valence-corrected chi connectivity index (χ3v) is 4.51. The molecular formula is C14H23NO3. The molecule has 0 spiro atoms. The van der Waals surface area contributed by atoms with E-state index in [4.69, 9.17) is 0 Å². The van der Waals surface area contributed by atoms with E-state index in [2.05, 4.69) is 0 Å². The summed E-state index contributed by atoms with van der Waals surface area (Å²) in [6, 6.07) is -0.654. The van der Waals surface area contributed by atoms with Gasteiger partial charge >= 0.3 is 5.97 Å². The van der Waals surface area contributed by atoms with E-state index >= 15 is 0 Å². The van der Waals surface area contributed by atoms with Crippen LogP contribution < -0.4 is 0 Å². The van der Waals surface area contributed by atoms with Crippen molar-refractivity contribution in [2.45, 2.75) is 58.4 Å². The monoisotopic (exact) mass is 253 g/mol. The molecule has 1 atom stereocenters. The molecule has 4 heteroatoms. The lowest BCUT2D eigenvalue weighted by atomic mass is 9.75. The van der Waals surface area contributed by atoms with Crippen LogP contribution in [0.25, 0.3) is 0 Å². The first-order chi connectivity index (χ1) is 8.42. The Balaban J connectivity index is 2.08. The molecular weight excluding hydrogens is 230 g/mol. The normalized spacial score (nSPS) is 27.7. The van der Waals surface area contributed by atoms with Crippen molar-refractivity contribution in [3.05, 3.63) is 0 Å². The fourth-order valence-electron chi connectivity index (χ4n) is 3.19. The molecule has 2 rings (SSSR count). The summed E-state index contributed by atoms with van der Waals surface area (Å²) in [6.07, 6.45) is 5.79. The molecule has 1 saturated carbocycles. The average molecular weight is 253 g/mol. The number of hydrogen-bond donors (Lipinski definition) is 1. The molecule has 4 nitrogen and oxygen atoms in total. The lowest BCUT2D eigenvalue weighted by Crippen LogP contribution is -2.56. The largest absolute Gasteiger partial charge is 0.480 e. The second kappa shape index (κ2) is 4.90. The molecule has 18 heavy (non-hydrogen) atoms. The maximum atomic E-state index is 12.3. The van der Waals surface area contributed by atoms with Gasteiger partial charge in [-0.1, -0.05) is 20.3 Å². The van der Waals surface area contributed by atoms with Crippen LogP contribution in [-0.4, -0.2) is 34.5 Å². The summed E-state index contributed by atoms with van der Waals surface area (Å²) >= 11 is 0. The van der Waals surface area contributed by atoms with Gasteiger partial charge in [0.15, 0.2) is 0 Å². The Labute approximate surface area is 108 Å². The maximum Gasteiger partial charge on any atom is 0.326 e. The van der Waals surface area contributed by atoms with E-state index in [-0.39, 0.29) is 11.3 Å². The van der Waals surface area contributed by atoms with Crippen LogP contribution >= 0.6 is 0 Å². The van der Waals surface area contributed by atoms with Gasteiger partial charge in [0.1, 0.15) is 6.04 Å².